The largest absolute Gasteiger partial charge is 0.354 e. The van der Waals surface area contributed by atoms with Crippen LogP contribution in [0.3, 0.4) is 0 Å². The summed E-state index contributed by atoms with van der Waals surface area (Å²) in [7, 11) is 0. The molecule has 2 atom stereocenters. The lowest BCUT2D eigenvalue weighted by atomic mass is 9.94. The van der Waals surface area contributed by atoms with E-state index in [1.807, 2.05) is 106 Å². The van der Waals surface area contributed by atoms with Gasteiger partial charge < -0.3 is 10.6 Å². The van der Waals surface area contributed by atoms with Crippen LogP contribution in [0.2, 0.25) is 0 Å². The van der Waals surface area contributed by atoms with Gasteiger partial charge in [0.05, 0.1) is 6.61 Å². The molecule has 0 fully saturated rings. The fourth-order valence-corrected chi connectivity index (χ4v) is 4.35. The van der Waals surface area contributed by atoms with Gasteiger partial charge in [-0.05, 0) is 55.2 Å². The Kier molecular flexibility index (Phi) is 12.4. The van der Waals surface area contributed by atoms with E-state index in [1.165, 1.54) is 5.56 Å². The van der Waals surface area contributed by atoms with E-state index in [9.17, 15) is 14.4 Å². The molecule has 7 heteroatoms. The van der Waals surface area contributed by atoms with Crippen molar-refractivity contribution in [2.45, 2.75) is 59.1 Å². The smallest absolute Gasteiger partial charge is 0.256 e. The van der Waals surface area contributed by atoms with Crippen LogP contribution in [0.25, 0.3) is 0 Å². The predicted octanol–water partition coefficient (Wildman–Crippen LogP) is 4.68. The predicted molar refractivity (Wildman–Crippen MR) is 157 cm³/mol. The molecule has 0 aromatic heterocycles. The van der Waals surface area contributed by atoms with Gasteiger partial charge in [0, 0.05) is 6.54 Å². The number of rotatable bonds is 15. The molecule has 1 unspecified atom stereocenters. The summed E-state index contributed by atoms with van der Waals surface area (Å²) in [5.41, 5.74) is 6.71. The van der Waals surface area contributed by atoms with E-state index in [-0.39, 0.29) is 18.4 Å². The van der Waals surface area contributed by atoms with Crippen molar-refractivity contribution in [3.63, 3.8) is 0 Å². The minimum atomic E-state index is -0.990. The van der Waals surface area contributed by atoms with Crippen LogP contribution in [0.15, 0.2) is 84.9 Å². The molecular formula is C33H41N3O4. The highest BCUT2D eigenvalue weighted by molar-refractivity contribution is 6.01. The van der Waals surface area contributed by atoms with Gasteiger partial charge in [0.2, 0.25) is 11.8 Å². The Labute approximate surface area is 237 Å². The second kappa shape index (κ2) is 16.2. The summed E-state index contributed by atoms with van der Waals surface area (Å²) in [4.78, 5) is 45.0. The zero-order chi connectivity index (χ0) is 28.7. The molecule has 0 radical (unpaired) electrons. The van der Waals surface area contributed by atoms with E-state index < -0.39 is 23.8 Å². The molecule has 3 rings (SSSR count). The lowest BCUT2D eigenvalue weighted by molar-refractivity contribution is -0.146. The molecule has 0 saturated heterocycles. The van der Waals surface area contributed by atoms with Gasteiger partial charge in [-0.3, -0.25) is 19.2 Å². The van der Waals surface area contributed by atoms with Crippen molar-refractivity contribution >= 4 is 17.7 Å². The molecule has 0 spiro atoms. The molecule has 3 N–H and O–H groups in total. The summed E-state index contributed by atoms with van der Waals surface area (Å²) >= 11 is 0. The molecule has 3 aromatic carbocycles. The van der Waals surface area contributed by atoms with Gasteiger partial charge in [-0.1, -0.05) is 104 Å². The SMILES string of the molecule is Cc1ccc(CCNC(=O)[C@H](CCc2ccccc2)NC(=O)C(CC(C)C)C(=O)NOCc2ccccc2)cc1. The zero-order valence-electron chi connectivity index (χ0n) is 23.7. The Bertz CT molecular complexity index is 1200. The van der Waals surface area contributed by atoms with Crippen LogP contribution < -0.4 is 16.1 Å². The molecule has 0 aliphatic carbocycles. The van der Waals surface area contributed by atoms with E-state index in [1.54, 1.807) is 0 Å². The number of carbonyl (C=O) groups excluding carboxylic acids is 3. The fraction of sp³-hybridized carbons (Fsp3) is 0.364. The van der Waals surface area contributed by atoms with Crippen molar-refractivity contribution in [1.29, 1.82) is 0 Å². The number of nitrogens with one attached hydrogen (secondary N) is 3. The quantitative estimate of drug-likeness (QED) is 0.192. The standard InChI is InChI=1S/C33H41N3O4/c1-24(2)22-29(32(38)36-40-23-28-12-8-5-9-13-28)31(37)35-30(19-18-26-10-6-4-7-11-26)33(39)34-21-20-27-16-14-25(3)15-17-27/h4-17,24,29-30H,18-23H2,1-3H3,(H,34,39)(H,35,37)(H,36,38)/t29?,30-/m0/s1. The Morgan fingerprint density at radius 2 is 1.32 bits per heavy atom. The molecule has 40 heavy (non-hydrogen) atoms. The molecule has 0 saturated carbocycles. The van der Waals surface area contributed by atoms with Gasteiger partial charge >= 0.3 is 0 Å². The zero-order valence-corrected chi connectivity index (χ0v) is 23.7. The van der Waals surface area contributed by atoms with Crippen LogP contribution >= 0.6 is 0 Å². The first-order valence-electron chi connectivity index (χ1n) is 13.9. The molecule has 3 amide bonds. The van der Waals surface area contributed by atoms with Crippen LogP contribution in [0.4, 0.5) is 0 Å². The van der Waals surface area contributed by atoms with Gasteiger partial charge in [0.1, 0.15) is 12.0 Å². The number of benzene rings is 3. The van der Waals surface area contributed by atoms with Crippen molar-refractivity contribution < 1.29 is 19.2 Å². The highest BCUT2D eigenvalue weighted by Gasteiger charge is 2.31. The van der Waals surface area contributed by atoms with Crippen molar-refractivity contribution in [3.05, 3.63) is 107 Å². The molecule has 0 bridgehead atoms. The van der Waals surface area contributed by atoms with Gasteiger partial charge in [-0.25, -0.2) is 5.48 Å². The Balaban J connectivity index is 1.63. The molecular weight excluding hydrogens is 502 g/mol. The summed E-state index contributed by atoms with van der Waals surface area (Å²) < 4.78 is 0. The Morgan fingerprint density at radius 3 is 1.95 bits per heavy atom. The first-order valence-corrected chi connectivity index (χ1v) is 13.9. The van der Waals surface area contributed by atoms with Gasteiger partial charge in [0.15, 0.2) is 0 Å². The van der Waals surface area contributed by atoms with Crippen LogP contribution in [0, 0.1) is 18.8 Å². The highest BCUT2D eigenvalue weighted by atomic mass is 16.6. The van der Waals surface area contributed by atoms with Crippen molar-refractivity contribution in [2.24, 2.45) is 11.8 Å². The molecule has 7 nitrogen and oxygen atoms in total. The number of hydrogen-bond donors (Lipinski definition) is 3. The second-order valence-corrected chi connectivity index (χ2v) is 10.5. The highest BCUT2D eigenvalue weighted by Crippen LogP contribution is 2.14. The van der Waals surface area contributed by atoms with E-state index >= 15 is 0 Å². The Hall–Kier alpha value is -3.97. The maximum absolute atomic E-state index is 13.4. The Morgan fingerprint density at radius 1 is 0.725 bits per heavy atom. The molecule has 212 valence electrons. The van der Waals surface area contributed by atoms with E-state index in [0.29, 0.717) is 32.2 Å². The third kappa shape index (κ3) is 10.7. The summed E-state index contributed by atoms with van der Waals surface area (Å²) in [5, 5.41) is 5.84. The molecule has 0 aliphatic rings. The topological polar surface area (TPSA) is 96.5 Å². The normalized spacial score (nSPS) is 12.4. The minimum absolute atomic E-state index is 0.0849. The van der Waals surface area contributed by atoms with Crippen molar-refractivity contribution in [1.82, 2.24) is 16.1 Å². The summed E-state index contributed by atoms with van der Waals surface area (Å²) in [5.74, 6) is -2.18. The maximum Gasteiger partial charge on any atom is 0.256 e. The van der Waals surface area contributed by atoms with E-state index in [4.69, 9.17) is 4.84 Å². The fourth-order valence-electron chi connectivity index (χ4n) is 4.35. The summed E-state index contributed by atoms with van der Waals surface area (Å²) in [6.45, 7) is 6.56. The minimum Gasteiger partial charge on any atom is -0.354 e. The second-order valence-electron chi connectivity index (χ2n) is 10.5. The summed E-state index contributed by atoms with van der Waals surface area (Å²) in [6.07, 6.45) is 2.03. The average molecular weight is 544 g/mol. The van der Waals surface area contributed by atoms with E-state index in [0.717, 1.165) is 16.7 Å². The van der Waals surface area contributed by atoms with E-state index in [2.05, 4.69) is 16.1 Å². The summed E-state index contributed by atoms with van der Waals surface area (Å²) in [6, 6.07) is 26.7. The van der Waals surface area contributed by atoms with Gasteiger partial charge in [0.25, 0.3) is 5.91 Å². The van der Waals surface area contributed by atoms with Crippen molar-refractivity contribution in [2.75, 3.05) is 6.54 Å². The maximum atomic E-state index is 13.4. The first kappa shape index (κ1) is 30.6. The number of aryl methyl sites for hydroxylation is 2. The molecule has 3 aromatic rings. The third-order valence-corrected chi connectivity index (χ3v) is 6.63. The lowest BCUT2D eigenvalue weighted by Crippen LogP contribution is -2.51. The average Bonchev–Trinajstić information content (AvgIpc) is 2.95. The van der Waals surface area contributed by atoms with Gasteiger partial charge in [-0.15, -0.1) is 0 Å². The number of amides is 3. The molecule has 0 aliphatic heterocycles. The van der Waals surface area contributed by atoms with Crippen LogP contribution in [0.1, 0.15) is 48.9 Å². The number of carbonyl (C=O) groups is 3. The van der Waals surface area contributed by atoms with Gasteiger partial charge in [-0.2, -0.15) is 0 Å². The van der Waals surface area contributed by atoms with Crippen LogP contribution in [-0.4, -0.2) is 30.3 Å². The van der Waals surface area contributed by atoms with Crippen molar-refractivity contribution in [3.8, 4) is 0 Å². The van der Waals surface area contributed by atoms with Crippen LogP contribution in [0.5, 0.6) is 0 Å². The third-order valence-electron chi connectivity index (χ3n) is 6.63. The van der Waals surface area contributed by atoms with Crippen LogP contribution in [-0.2, 0) is 38.7 Å². The lowest BCUT2D eigenvalue weighted by Gasteiger charge is -2.23. The number of hydrogen-bond acceptors (Lipinski definition) is 4. The first-order chi connectivity index (χ1) is 19.3. The monoisotopic (exact) mass is 543 g/mol. The molecule has 0 heterocycles. The number of hydroxylamine groups is 1.